The molecule has 1 saturated heterocycles. The van der Waals surface area contributed by atoms with E-state index in [0.717, 1.165) is 3.91 Å². The van der Waals surface area contributed by atoms with Crippen LogP contribution in [0.3, 0.4) is 0 Å². The molecule has 0 unspecified atom stereocenters. The van der Waals surface area contributed by atoms with E-state index in [2.05, 4.69) is 42.2 Å². The van der Waals surface area contributed by atoms with Crippen LogP contribution in [-0.4, -0.2) is 21.2 Å². The first kappa shape index (κ1) is 7.16. The number of hydrogen-bond acceptors (Lipinski definition) is 3. The largest absolute Gasteiger partial charge is 0.137 e. The molecule has 1 heterocycles. The van der Waals surface area contributed by atoms with Gasteiger partial charge in [-0.25, -0.2) is 0 Å². The van der Waals surface area contributed by atoms with Crippen LogP contribution in [0.15, 0.2) is 0 Å². The van der Waals surface area contributed by atoms with Crippen molar-refractivity contribution in [2.45, 2.75) is 10.8 Å². The lowest BCUT2D eigenvalue weighted by Gasteiger charge is -2.02. The van der Waals surface area contributed by atoms with Crippen molar-refractivity contribution >= 4 is 35.3 Å². The summed E-state index contributed by atoms with van der Waals surface area (Å²) in [5.74, 6) is 4.00. The van der Waals surface area contributed by atoms with Crippen LogP contribution >= 0.6 is 35.3 Å². The Balaban J connectivity index is 2.06. The first-order valence-corrected chi connectivity index (χ1v) is 5.93. The molecule has 0 bridgehead atoms. The van der Waals surface area contributed by atoms with E-state index < -0.39 is 0 Å². The predicted octanol–water partition coefficient (Wildman–Crippen LogP) is 2.50. The van der Waals surface area contributed by atoms with Crippen molar-refractivity contribution in [2.24, 2.45) is 0 Å². The monoisotopic (exact) mass is 166 g/mol. The zero-order valence-corrected chi connectivity index (χ0v) is 7.37. The number of hydrogen-bond donors (Lipinski definition) is 0. The molecule has 8 heavy (non-hydrogen) atoms. The van der Waals surface area contributed by atoms with E-state index in [-0.39, 0.29) is 0 Å². The molecule has 0 spiro atoms. The van der Waals surface area contributed by atoms with Gasteiger partial charge in [0.1, 0.15) is 0 Å². The van der Waals surface area contributed by atoms with E-state index in [1.165, 1.54) is 17.3 Å². The second-order valence-corrected chi connectivity index (χ2v) is 6.19. The fourth-order valence-corrected chi connectivity index (χ4v) is 5.12. The van der Waals surface area contributed by atoms with Crippen LogP contribution in [0.1, 0.15) is 6.92 Å². The molecule has 0 aliphatic carbocycles. The third-order valence-corrected chi connectivity index (χ3v) is 5.63. The zero-order valence-electron chi connectivity index (χ0n) is 4.92. The van der Waals surface area contributed by atoms with Gasteiger partial charge in [-0.2, -0.15) is 0 Å². The van der Waals surface area contributed by atoms with Crippen LogP contribution in [0.2, 0.25) is 0 Å². The van der Waals surface area contributed by atoms with Gasteiger partial charge in [-0.3, -0.25) is 0 Å². The van der Waals surface area contributed by atoms with Gasteiger partial charge in [0, 0.05) is 11.5 Å². The second kappa shape index (κ2) is 3.96. The van der Waals surface area contributed by atoms with E-state index in [0.29, 0.717) is 0 Å². The maximum absolute atomic E-state index is 2.23. The molecule has 0 saturated carbocycles. The van der Waals surface area contributed by atoms with Crippen molar-refractivity contribution in [2.75, 3.05) is 17.3 Å². The average molecular weight is 166 g/mol. The fourth-order valence-electron chi connectivity index (χ4n) is 0.569. The Labute approximate surface area is 63.6 Å². The zero-order chi connectivity index (χ0) is 5.82. The van der Waals surface area contributed by atoms with Crippen LogP contribution in [0.25, 0.3) is 0 Å². The van der Waals surface area contributed by atoms with Crippen LogP contribution in [0.5, 0.6) is 0 Å². The Morgan fingerprint density at radius 2 is 2.12 bits per heavy atom. The third-order valence-electron chi connectivity index (χ3n) is 0.894. The van der Waals surface area contributed by atoms with Gasteiger partial charge in [0.2, 0.25) is 0 Å². The van der Waals surface area contributed by atoms with E-state index in [9.17, 15) is 0 Å². The van der Waals surface area contributed by atoms with Gasteiger partial charge in [0.15, 0.2) is 0 Å². The Morgan fingerprint density at radius 1 is 1.50 bits per heavy atom. The third kappa shape index (κ3) is 2.11. The summed E-state index contributed by atoms with van der Waals surface area (Å²) in [5.41, 5.74) is 0. The number of rotatable bonds is 2. The normalized spacial score (nSPS) is 22.1. The number of thioether (sulfide) groups is 3. The van der Waals surface area contributed by atoms with Crippen LogP contribution in [-0.2, 0) is 0 Å². The Hall–Kier alpha value is 1.05. The molecule has 1 aliphatic rings. The molecule has 0 amide bonds. The molecule has 48 valence electrons. The molecule has 0 aromatic heterocycles. The quantitative estimate of drug-likeness (QED) is 0.618. The van der Waals surface area contributed by atoms with Gasteiger partial charge in [-0.15, -0.1) is 35.3 Å². The summed E-state index contributed by atoms with van der Waals surface area (Å²) in [5, 5.41) is 0. The minimum absolute atomic E-state index is 0.861. The molecule has 0 atom stereocenters. The Bertz CT molecular complexity index is 58.7. The summed E-state index contributed by atoms with van der Waals surface area (Å²) in [6.07, 6.45) is 0. The van der Waals surface area contributed by atoms with E-state index in [1.54, 1.807) is 0 Å². The molecule has 3 heteroatoms. The summed E-state index contributed by atoms with van der Waals surface area (Å²) in [6.45, 7) is 2.23. The van der Waals surface area contributed by atoms with Gasteiger partial charge >= 0.3 is 0 Å². The van der Waals surface area contributed by atoms with Crippen molar-refractivity contribution in [3.05, 3.63) is 0 Å². The molecule has 1 fully saturated rings. The summed E-state index contributed by atoms with van der Waals surface area (Å²) < 4.78 is 0.861. The standard InChI is InChI=1S/C5H10S3/c1-2-6-5-7-3-4-8-5/h5H,2-4H2,1H3. The minimum Gasteiger partial charge on any atom is -0.137 e. The lowest BCUT2D eigenvalue weighted by Crippen LogP contribution is -1.81. The van der Waals surface area contributed by atoms with Crippen LogP contribution in [0, 0.1) is 0 Å². The summed E-state index contributed by atoms with van der Waals surface area (Å²) in [6, 6.07) is 0. The van der Waals surface area contributed by atoms with Gasteiger partial charge in [0.05, 0.1) is 3.91 Å². The van der Waals surface area contributed by atoms with Crippen molar-refractivity contribution in [1.82, 2.24) is 0 Å². The highest BCUT2D eigenvalue weighted by atomic mass is 32.3. The van der Waals surface area contributed by atoms with E-state index in [1.807, 2.05) is 0 Å². The smallest absolute Gasteiger partial charge is 0.0956 e. The Morgan fingerprint density at radius 3 is 2.62 bits per heavy atom. The average Bonchev–Trinajstić information content (AvgIpc) is 2.19. The molecule has 0 aromatic rings. The SMILES string of the molecule is CCSC1SCCS1. The topological polar surface area (TPSA) is 0 Å². The Kier molecular flexibility index (Phi) is 3.55. The summed E-state index contributed by atoms with van der Waals surface area (Å²) in [7, 11) is 0. The van der Waals surface area contributed by atoms with Crippen molar-refractivity contribution in [3.63, 3.8) is 0 Å². The summed E-state index contributed by atoms with van der Waals surface area (Å²) >= 11 is 6.25. The molecule has 1 rings (SSSR count). The minimum atomic E-state index is 0.861. The lowest BCUT2D eigenvalue weighted by atomic mass is 11.0. The molecule has 0 radical (unpaired) electrons. The molecule has 0 aromatic carbocycles. The summed E-state index contributed by atoms with van der Waals surface area (Å²) in [4.78, 5) is 0. The molecule has 0 nitrogen and oxygen atoms in total. The molecule has 0 N–H and O–H groups in total. The van der Waals surface area contributed by atoms with E-state index in [4.69, 9.17) is 0 Å². The van der Waals surface area contributed by atoms with Gasteiger partial charge in [0.25, 0.3) is 0 Å². The highest BCUT2D eigenvalue weighted by Crippen LogP contribution is 2.39. The fraction of sp³-hybridized carbons (Fsp3) is 1.00. The van der Waals surface area contributed by atoms with Gasteiger partial charge in [-0.1, -0.05) is 6.92 Å². The maximum Gasteiger partial charge on any atom is 0.0956 e. The maximum atomic E-state index is 2.23. The van der Waals surface area contributed by atoms with Crippen LogP contribution < -0.4 is 0 Å². The second-order valence-electron chi connectivity index (χ2n) is 1.49. The van der Waals surface area contributed by atoms with Gasteiger partial charge in [-0.05, 0) is 5.75 Å². The van der Waals surface area contributed by atoms with E-state index >= 15 is 0 Å². The molecular formula is C5H10S3. The van der Waals surface area contributed by atoms with Crippen molar-refractivity contribution < 1.29 is 0 Å². The van der Waals surface area contributed by atoms with Gasteiger partial charge < -0.3 is 0 Å². The first-order valence-electron chi connectivity index (χ1n) is 2.78. The highest BCUT2D eigenvalue weighted by Gasteiger charge is 2.14. The van der Waals surface area contributed by atoms with Crippen LogP contribution in [0.4, 0.5) is 0 Å². The lowest BCUT2D eigenvalue weighted by molar-refractivity contribution is 1.53. The first-order chi connectivity index (χ1) is 3.93. The molecule has 1 aliphatic heterocycles. The predicted molar refractivity (Wildman–Crippen MR) is 46.8 cm³/mol. The van der Waals surface area contributed by atoms with Crippen molar-refractivity contribution in [3.8, 4) is 0 Å². The highest BCUT2D eigenvalue weighted by molar-refractivity contribution is 8.34. The molecular weight excluding hydrogens is 156 g/mol. The van der Waals surface area contributed by atoms with Crippen molar-refractivity contribution in [1.29, 1.82) is 0 Å².